The molecule has 24 nitrogen and oxygen atoms in total. The summed E-state index contributed by atoms with van der Waals surface area (Å²) in [5.74, 6) is 4.24. The number of fused-ring (bicyclic) bond motifs is 6. The van der Waals surface area contributed by atoms with E-state index in [4.69, 9.17) is 29.2 Å². The standard InChI is InChI=1S/3C29H24N6O2S.C6H6/c3*1-37-22-11-9-21(10-12-22)33-14-16-34(17-15-33)27-23(29(36)35-13-5-4-8-26(35)32-27)18-20(19-30)28-31-24-6-2-3-7-25(24)38-28;1-2-4-6-5-3-1/h3*2-13,18H,14-17H2,1H3;1-6H/b3*20-18+;. The van der Waals surface area contributed by atoms with Gasteiger partial charge in [-0.1, -0.05) is 91.0 Å². The minimum atomic E-state index is -0.211. The maximum atomic E-state index is 13.7. The number of hydrogen-bond donors (Lipinski definition) is 0. The molecule has 3 saturated heterocycles. The summed E-state index contributed by atoms with van der Waals surface area (Å²) < 4.78 is 23.4. The molecule has 12 heterocycles. The van der Waals surface area contributed by atoms with Crippen molar-refractivity contribution in [3.05, 3.63) is 318 Å². The first-order chi connectivity index (χ1) is 58.9. The Morgan fingerprint density at radius 3 is 0.792 bits per heavy atom. The summed E-state index contributed by atoms with van der Waals surface area (Å²) in [6.45, 7) is 8.75. The Balaban J connectivity index is 0.000000129. The maximum Gasteiger partial charge on any atom is 0.267 e. The molecule has 0 N–H and O–H groups in total. The molecule has 27 heteroatoms. The molecule has 0 atom stereocenters. The number of nitrogens with zero attached hydrogens (tertiary/aromatic N) is 18. The summed E-state index contributed by atoms with van der Waals surface area (Å²) in [4.78, 5) is 83.0. The second-order valence-electron chi connectivity index (χ2n) is 27.9. The number of anilines is 6. The fraction of sp³-hybridized carbons (Fsp3) is 0.161. The summed E-state index contributed by atoms with van der Waals surface area (Å²) in [7, 11) is 4.98. The van der Waals surface area contributed by atoms with Gasteiger partial charge in [-0.3, -0.25) is 27.6 Å². The molecule has 0 bridgehead atoms. The van der Waals surface area contributed by atoms with Gasteiger partial charge in [-0.05, 0) is 164 Å². The van der Waals surface area contributed by atoms with E-state index in [1.165, 1.54) is 47.2 Å². The lowest BCUT2D eigenvalue weighted by atomic mass is 10.1. The van der Waals surface area contributed by atoms with E-state index in [0.29, 0.717) is 122 Å². The number of methoxy groups -OCH3 is 3. The predicted molar refractivity (Wildman–Crippen MR) is 482 cm³/mol. The zero-order valence-corrected chi connectivity index (χ0v) is 68.1. The highest BCUT2D eigenvalue weighted by Crippen LogP contribution is 2.35. The molecule has 3 fully saturated rings. The highest BCUT2D eigenvalue weighted by Gasteiger charge is 2.29. The van der Waals surface area contributed by atoms with E-state index in [0.717, 1.165) is 104 Å². The largest absolute Gasteiger partial charge is 0.497 e. The molecule has 0 spiro atoms. The molecule has 0 saturated carbocycles. The third-order valence-corrected chi connectivity index (χ3v) is 24.0. The van der Waals surface area contributed by atoms with Crippen LogP contribution in [0.1, 0.15) is 31.7 Å². The van der Waals surface area contributed by atoms with Crippen LogP contribution < -0.4 is 60.3 Å². The van der Waals surface area contributed by atoms with Crippen LogP contribution in [-0.2, 0) is 0 Å². The molecule has 3 aliphatic heterocycles. The normalized spacial score (nSPS) is 13.8. The highest BCUT2D eigenvalue weighted by molar-refractivity contribution is 7.20. The lowest BCUT2D eigenvalue weighted by Gasteiger charge is -2.37. The molecule has 0 aliphatic carbocycles. The number of para-hydroxylation sites is 3. The SMILES string of the molecule is COc1ccc(N2CCN(c3nc4ccccn4c(=O)c3/C=C(\C#N)c3nc4ccccc4s3)CC2)cc1.COc1ccc(N2CCN(c3nc4ccccn4c(=O)c3/C=C(\C#N)c3nc4ccccc4s3)CC2)cc1.COc1ccc(N2CCN(c3nc4ccccn4c(=O)c3/C=C(\C#N)c3nc4ccccc4s3)CC2)cc1.c1ccccc1. The maximum absolute atomic E-state index is 13.7. The number of hydrogen-bond acceptors (Lipinski definition) is 24. The monoisotopic (exact) mass is 1640 g/mol. The van der Waals surface area contributed by atoms with Crippen molar-refractivity contribution in [3.8, 4) is 35.5 Å². The summed E-state index contributed by atoms with van der Waals surface area (Å²) in [5, 5.41) is 31.9. The number of pyridine rings is 3. The van der Waals surface area contributed by atoms with Gasteiger partial charge in [0.1, 0.15) is 84.9 Å². The molecular weight excluding hydrogens is 1560 g/mol. The van der Waals surface area contributed by atoms with Gasteiger partial charge in [-0.15, -0.1) is 34.0 Å². The molecule has 7 aromatic carbocycles. The second-order valence-corrected chi connectivity index (χ2v) is 31.0. The third-order valence-electron chi connectivity index (χ3n) is 20.8. The Kier molecular flexibility index (Phi) is 24.1. The number of thiazole rings is 3. The Bertz CT molecular complexity index is 6070. The minimum absolute atomic E-state index is 0.211. The number of allylic oxidation sites excluding steroid dienone is 3. The lowest BCUT2D eigenvalue weighted by Crippen LogP contribution is -2.47. The van der Waals surface area contributed by atoms with Crippen molar-refractivity contribution >= 4 is 151 Å². The van der Waals surface area contributed by atoms with Crippen molar-refractivity contribution in [2.75, 3.05) is 129 Å². The topological polar surface area (TPSA) is 260 Å². The van der Waals surface area contributed by atoms with Crippen molar-refractivity contribution in [2.45, 2.75) is 0 Å². The van der Waals surface area contributed by atoms with E-state index >= 15 is 0 Å². The van der Waals surface area contributed by atoms with Gasteiger partial charge < -0.3 is 43.6 Å². The predicted octanol–water partition coefficient (Wildman–Crippen LogP) is 15.8. The zero-order chi connectivity index (χ0) is 82.4. The van der Waals surface area contributed by atoms with Gasteiger partial charge in [-0.25, -0.2) is 29.9 Å². The van der Waals surface area contributed by atoms with E-state index in [-0.39, 0.29) is 16.7 Å². The van der Waals surface area contributed by atoms with Gasteiger partial charge in [0.25, 0.3) is 16.7 Å². The van der Waals surface area contributed by atoms with Gasteiger partial charge >= 0.3 is 0 Å². The third kappa shape index (κ3) is 17.4. The van der Waals surface area contributed by atoms with Crippen LogP contribution in [0.4, 0.5) is 34.5 Å². The quantitative estimate of drug-likeness (QED) is 0.0864. The average Bonchev–Trinajstić information content (AvgIpc) is 1.11. The van der Waals surface area contributed by atoms with E-state index in [2.05, 4.69) is 99.0 Å². The van der Waals surface area contributed by atoms with E-state index in [1.54, 1.807) is 76.3 Å². The number of rotatable bonds is 15. The van der Waals surface area contributed by atoms with Crippen LogP contribution in [0, 0.1) is 34.0 Å². The molecule has 16 aromatic rings. The van der Waals surface area contributed by atoms with Crippen LogP contribution >= 0.6 is 34.0 Å². The summed E-state index contributed by atoms with van der Waals surface area (Å²) in [5.41, 5.74) is 9.16. The summed E-state index contributed by atoms with van der Waals surface area (Å²) >= 11 is 4.32. The van der Waals surface area contributed by atoms with Crippen LogP contribution in [0.25, 0.3) is 82.5 Å². The van der Waals surface area contributed by atoms with Crippen molar-refractivity contribution in [1.82, 2.24) is 43.1 Å². The Morgan fingerprint density at radius 1 is 0.308 bits per heavy atom. The number of aromatic nitrogens is 9. The number of benzene rings is 7. The van der Waals surface area contributed by atoms with Crippen molar-refractivity contribution in [3.63, 3.8) is 0 Å². The number of nitriles is 3. The number of piperazine rings is 3. The molecular formula is C93H78N18O6S3. The molecule has 0 unspecified atom stereocenters. The lowest BCUT2D eigenvalue weighted by molar-refractivity contribution is 0.414. The fourth-order valence-corrected chi connectivity index (χ4v) is 17.3. The second kappa shape index (κ2) is 36.6. The Hall–Kier alpha value is -14.8. The zero-order valence-electron chi connectivity index (χ0n) is 65.7. The van der Waals surface area contributed by atoms with Crippen LogP contribution in [0.3, 0.4) is 0 Å². The van der Waals surface area contributed by atoms with Crippen LogP contribution in [0.5, 0.6) is 17.2 Å². The average molecular weight is 1640 g/mol. The van der Waals surface area contributed by atoms with E-state index < -0.39 is 0 Å². The van der Waals surface area contributed by atoms with E-state index in [9.17, 15) is 30.2 Å². The van der Waals surface area contributed by atoms with Gasteiger partial charge in [0, 0.05) is 114 Å². The molecule has 3 aliphatic rings. The summed E-state index contributed by atoms with van der Waals surface area (Å²) in [6, 6.07) is 82.7. The smallest absolute Gasteiger partial charge is 0.267 e. The Labute approximate surface area is 702 Å². The van der Waals surface area contributed by atoms with Crippen LogP contribution in [0.15, 0.2) is 270 Å². The fourth-order valence-electron chi connectivity index (χ4n) is 14.5. The van der Waals surface area contributed by atoms with Crippen molar-refractivity contribution in [1.29, 1.82) is 15.8 Å². The van der Waals surface area contributed by atoms with Gasteiger partial charge in [0.15, 0.2) is 0 Å². The van der Waals surface area contributed by atoms with E-state index in [1.807, 2.05) is 182 Å². The van der Waals surface area contributed by atoms with Gasteiger partial charge in [0.2, 0.25) is 0 Å². The van der Waals surface area contributed by atoms with Gasteiger partial charge in [0.05, 0.1) is 85.4 Å². The van der Waals surface area contributed by atoms with Gasteiger partial charge in [-0.2, -0.15) is 15.8 Å². The highest BCUT2D eigenvalue weighted by atomic mass is 32.1. The molecule has 0 radical (unpaired) electrons. The molecule has 594 valence electrons. The first-order valence-corrected chi connectivity index (χ1v) is 41.3. The number of ether oxygens (including phenoxy) is 3. The molecule has 19 rings (SSSR count). The first-order valence-electron chi connectivity index (χ1n) is 38.8. The van der Waals surface area contributed by atoms with Crippen molar-refractivity contribution in [2.24, 2.45) is 0 Å². The molecule has 0 amide bonds. The molecule has 120 heavy (non-hydrogen) atoms. The Morgan fingerprint density at radius 2 is 0.550 bits per heavy atom. The molecule has 9 aromatic heterocycles. The van der Waals surface area contributed by atoms with Crippen LogP contribution in [-0.4, -0.2) is 143 Å². The minimum Gasteiger partial charge on any atom is -0.497 e. The van der Waals surface area contributed by atoms with Crippen LogP contribution in [0.2, 0.25) is 0 Å². The van der Waals surface area contributed by atoms with Crippen molar-refractivity contribution < 1.29 is 14.2 Å². The summed E-state index contributed by atoms with van der Waals surface area (Å²) in [6.07, 6.45) is 10.1. The first kappa shape index (κ1) is 79.0.